The van der Waals surface area contributed by atoms with Gasteiger partial charge in [-0.2, -0.15) is 0 Å². The number of hydrogen-bond acceptors (Lipinski definition) is 4. The summed E-state index contributed by atoms with van der Waals surface area (Å²) in [5.74, 6) is -0.572. The highest BCUT2D eigenvalue weighted by atomic mass is 32.1. The van der Waals surface area contributed by atoms with Gasteiger partial charge in [-0.05, 0) is 22.8 Å². The molecule has 1 aromatic rings. The standard InChI is InChI=1S/C16H22N2O3S/c1-15(2)11(16(15,3)4)13(20)18-14-10(12(17)19)8-5-6-21-7-9(8)22-14/h11H,5-7H2,1-4H3,(H2,17,19)(H,18,20). The largest absolute Gasteiger partial charge is 0.376 e. The molecule has 1 fully saturated rings. The Morgan fingerprint density at radius 1 is 1.27 bits per heavy atom. The van der Waals surface area contributed by atoms with Crippen molar-refractivity contribution in [2.45, 2.75) is 40.7 Å². The zero-order valence-electron chi connectivity index (χ0n) is 13.4. The highest BCUT2D eigenvalue weighted by molar-refractivity contribution is 7.17. The van der Waals surface area contributed by atoms with Crippen molar-refractivity contribution in [2.75, 3.05) is 11.9 Å². The minimum absolute atomic E-state index is 0.0305. The fourth-order valence-corrected chi connectivity index (χ4v) is 4.81. The fourth-order valence-electron chi connectivity index (χ4n) is 3.62. The molecule has 0 spiro atoms. The minimum Gasteiger partial charge on any atom is -0.376 e. The maximum absolute atomic E-state index is 12.6. The number of ether oxygens (including phenoxy) is 1. The van der Waals surface area contributed by atoms with E-state index in [4.69, 9.17) is 10.5 Å². The predicted molar refractivity (Wildman–Crippen MR) is 85.9 cm³/mol. The van der Waals surface area contributed by atoms with Crippen LogP contribution in [0.1, 0.15) is 48.5 Å². The molecule has 6 heteroatoms. The summed E-state index contributed by atoms with van der Waals surface area (Å²) < 4.78 is 5.42. The van der Waals surface area contributed by atoms with Crippen LogP contribution in [0.4, 0.5) is 5.00 Å². The third-order valence-electron chi connectivity index (χ3n) is 5.59. The average Bonchev–Trinajstić information content (AvgIpc) is 2.68. The number of fused-ring (bicyclic) bond motifs is 1. The van der Waals surface area contributed by atoms with E-state index in [-0.39, 0.29) is 22.7 Å². The molecule has 3 rings (SSSR count). The summed E-state index contributed by atoms with van der Waals surface area (Å²) in [6, 6.07) is 0. The van der Waals surface area contributed by atoms with Crippen molar-refractivity contribution in [3.63, 3.8) is 0 Å². The molecule has 120 valence electrons. The Kier molecular flexibility index (Phi) is 3.38. The third kappa shape index (κ3) is 2.08. The molecule has 1 aromatic heterocycles. The van der Waals surface area contributed by atoms with Gasteiger partial charge in [0.1, 0.15) is 5.00 Å². The first-order valence-corrected chi connectivity index (χ1v) is 8.32. The summed E-state index contributed by atoms with van der Waals surface area (Å²) in [6.45, 7) is 9.45. The zero-order valence-corrected chi connectivity index (χ0v) is 14.2. The first-order valence-electron chi connectivity index (χ1n) is 7.51. The van der Waals surface area contributed by atoms with Crippen LogP contribution in [0.15, 0.2) is 0 Å². The molecule has 0 atom stereocenters. The Balaban J connectivity index is 1.89. The Labute approximate surface area is 134 Å². The van der Waals surface area contributed by atoms with Gasteiger partial charge in [-0.15, -0.1) is 11.3 Å². The van der Waals surface area contributed by atoms with Crippen molar-refractivity contribution < 1.29 is 14.3 Å². The molecule has 1 aliphatic heterocycles. The van der Waals surface area contributed by atoms with Crippen LogP contribution in [-0.2, 0) is 22.6 Å². The van der Waals surface area contributed by atoms with Crippen molar-refractivity contribution in [2.24, 2.45) is 22.5 Å². The zero-order chi connectivity index (χ0) is 16.3. The molecule has 2 amide bonds. The summed E-state index contributed by atoms with van der Waals surface area (Å²) in [4.78, 5) is 25.4. The fraction of sp³-hybridized carbons (Fsp3) is 0.625. The van der Waals surface area contributed by atoms with Gasteiger partial charge >= 0.3 is 0 Å². The number of anilines is 1. The monoisotopic (exact) mass is 322 g/mol. The van der Waals surface area contributed by atoms with Crippen molar-refractivity contribution >= 4 is 28.2 Å². The molecular formula is C16H22N2O3S. The highest BCUT2D eigenvalue weighted by Gasteiger charge is 2.68. The summed E-state index contributed by atoms with van der Waals surface area (Å²) in [6.07, 6.45) is 0.667. The van der Waals surface area contributed by atoms with Crippen LogP contribution in [0.2, 0.25) is 0 Å². The Hall–Kier alpha value is -1.40. The minimum atomic E-state index is -0.482. The number of rotatable bonds is 3. The first-order chi connectivity index (χ1) is 10.2. The predicted octanol–water partition coefficient (Wildman–Crippen LogP) is 2.54. The van der Waals surface area contributed by atoms with Gasteiger partial charge in [0, 0.05) is 10.8 Å². The molecular weight excluding hydrogens is 300 g/mol. The van der Waals surface area contributed by atoms with Crippen LogP contribution in [-0.4, -0.2) is 18.4 Å². The highest BCUT2D eigenvalue weighted by Crippen LogP contribution is 2.68. The van der Waals surface area contributed by atoms with Crippen LogP contribution in [0.5, 0.6) is 0 Å². The second-order valence-corrected chi connectivity index (χ2v) is 8.35. The van der Waals surface area contributed by atoms with E-state index in [0.29, 0.717) is 30.2 Å². The number of nitrogens with two attached hydrogens (primary N) is 1. The second-order valence-electron chi connectivity index (χ2n) is 7.24. The number of hydrogen-bond donors (Lipinski definition) is 2. The van der Waals surface area contributed by atoms with Gasteiger partial charge in [0.25, 0.3) is 5.91 Å². The Morgan fingerprint density at radius 2 is 1.91 bits per heavy atom. The molecule has 0 radical (unpaired) electrons. The van der Waals surface area contributed by atoms with Gasteiger partial charge in [0.15, 0.2) is 0 Å². The lowest BCUT2D eigenvalue weighted by atomic mass is 10.0. The lowest BCUT2D eigenvalue weighted by Crippen LogP contribution is -2.21. The molecule has 5 nitrogen and oxygen atoms in total. The lowest BCUT2D eigenvalue weighted by Gasteiger charge is -2.12. The van der Waals surface area contributed by atoms with Gasteiger partial charge in [-0.25, -0.2) is 0 Å². The van der Waals surface area contributed by atoms with Crippen molar-refractivity contribution in [1.82, 2.24) is 0 Å². The van der Waals surface area contributed by atoms with Crippen LogP contribution >= 0.6 is 11.3 Å². The molecule has 2 aliphatic rings. The molecule has 22 heavy (non-hydrogen) atoms. The maximum Gasteiger partial charge on any atom is 0.251 e. The molecule has 3 N–H and O–H groups in total. The number of amides is 2. The van der Waals surface area contributed by atoms with E-state index in [1.807, 2.05) is 0 Å². The van der Waals surface area contributed by atoms with E-state index in [9.17, 15) is 9.59 Å². The van der Waals surface area contributed by atoms with E-state index in [2.05, 4.69) is 33.0 Å². The van der Waals surface area contributed by atoms with Gasteiger partial charge in [-0.3, -0.25) is 9.59 Å². The van der Waals surface area contributed by atoms with Crippen LogP contribution in [0.3, 0.4) is 0 Å². The topological polar surface area (TPSA) is 81.4 Å². The van der Waals surface area contributed by atoms with Crippen LogP contribution in [0, 0.1) is 16.7 Å². The van der Waals surface area contributed by atoms with Gasteiger partial charge < -0.3 is 15.8 Å². The molecule has 1 aliphatic carbocycles. The summed E-state index contributed by atoms with van der Waals surface area (Å²) in [7, 11) is 0. The normalized spacial score (nSPS) is 22.0. The van der Waals surface area contributed by atoms with Crippen LogP contribution in [0.25, 0.3) is 0 Å². The molecule has 0 unspecified atom stereocenters. The van der Waals surface area contributed by atoms with Crippen LogP contribution < -0.4 is 11.1 Å². The molecule has 0 bridgehead atoms. The molecule has 2 heterocycles. The van der Waals surface area contributed by atoms with Crippen molar-refractivity contribution in [1.29, 1.82) is 0 Å². The quantitative estimate of drug-likeness (QED) is 0.897. The SMILES string of the molecule is CC1(C)C(C(=O)Nc2sc3c(c2C(N)=O)CCOC3)C1(C)C. The van der Waals surface area contributed by atoms with Gasteiger partial charge in [-0.1, -0.05) is 27.7 Å². The van der Waals surface area contributed by atoms with E-state index >= 15 is 0 Å². The van der Waals surface area contributed by atoms with Crippen molar-refractivity contribution in [3.8, 4) is 0 Å². The summed E-state index contributed by atoms with van der Waals surface area (Å²) in [5.41, 5.74) is 6.86. The smallest absolute Gasteiger partial charge is 0.251 e. The third-order valence-corrected chi connectivity index (χ3v) is 6.71. The maximum atomic E-state index is 12.6. The average molecular weight is 322 g/mol. The molecule has 0 saturated heterocycles. The Bertz CT molecular complexity index is 647. The summed E-state index contributed by atoms with van der Waals surface area (Å²) >= 11 is 1.41. The number of primary amides is 1. The van der Waals surface area contributed by atoms with Gasteiger partial charge in [0.2, 0.25) is 5.91 Å². The van der Waals surface area contributed by atoms with E-state index in [1.54, 1.807) is 0 Å². The van der Waals surface area contributed by atoms with E-state index in [1.165, 1.54) is 11.3 Å². The summed E-state index contributed by atoms with van der Waals surface area (Å²) in [5, 5.41) is 3.52. The van der Waals surface area contributed by atoms with E-state index in [0.717, 1.165) is 10.4 Å². The lowest BCUT2D eigenvalue weighted by molar-refractivity contribution is -0.118. The van der Waals surface area contributed by atoms with E-state index < -0.39 is 5.91 Å². The molecule has 0 aromatic carbocycles. The number of carbonyl (C=O) groups is 2. The van der Waals surface area contributed by atoms with Gasteiger partial charge in [0.05, 0.1) is 18.8 Å². The van der Waals surface area contributed by atoms with Crippen molar-refractivity contribution in [3.05, 3.63) is 16.0 Å². The number of nitrogens with one attached hydrogen (secondary N) is 1. The Morgan fingerprint density at radius 3 is 2.45 bits per heavy atom. The number of thiophene rings is 1. The molecule has 1 saturated carbocycles. The second kappa shape index (κ2) is 4.80. The first kappa shape index (κ1) is 15.5. The number of carbonyl (C=O) groups excluding carboxylic acids is 2.